The van der Waals surface area contributed by atoms with Crippen molar-refractivity contribution >= 4 is 66.6 Å². The van der Waals surface area contributed by atoms with E-state index < -0.39 is 0 Å². The molecule has 7 nitrogen and oxygen atoms in total. The van der Waals surface area contributed by atoms with E-state index in [4.69, 9.17) is 19.1 Å². The maximum absolute atomic E-state index is 6.51. The Morgan fingerprint density at radius 1 is 0.660 bits per heavy atom. The van der Waals surface area contributed by atoms with Crippen molar-refractivity contribution in [2.24, 2.45) is 0 Å². The zero-order valence-electron chi connectivity index (χ0n) is 29.1. The summed E-state index contributed by atoms with van der Waals surface area (Å²) in [6, 6.07) is 48.0. The number of hydrogen-bond acceptors (Lipinski definition) is 6. The van der Waals surface area contributed by atoms with Crippen molar-refractivity contribution in [3.8, 4) is 17.3 Å². The second-order valence-electron chi connectivity index (χ2n) is 14.0. The minimum absolute atomic E-state index is 0. The van der Waals surface area contributed by atoms with Crippen LogP contribution in [0, 0.1) is 18.8 Å². The van der Waals surface area contributed by atoms with Crippen LogP contribution in [0.15, 0.2) is 138 Å². The normalized spacial score (nSPS) is 12.9. The fourth-order valence-electron chi connectivity index (χ4n) is 7.25. The molecule has 0 amide bonds. The van der Waals surface area contributed by atoms with Gasteiger partial charge in [0.05, 0.1) is 5.69 Å². The van der Waals surface area contributed by atoms with Crippen LogP contribution in [0.4, 0.5) is 22.9 Å². The summed E-state index contributed by atoms with van der Waals surface area (Å²) in [6.45, 7) is 8.70. The summed E-state index contributed by atoms with van der Waals surface area (Å²) in [4.78, 5) is 13.8. The first kappa shape index (κ1) is 33.0. The smallest absolute Gasteiger partial charge is 0.137 e. The molecular weight excluding hydrogens is 838 g/mol. The molecule has 0 spiro atoms. The van der Waals surface area contributed by atoms with Gasteiger partial charge in [0, 0.05) is 66.9 Å². The van der Waals surface area contributed by atoms with E-state index in [1.165, 1.54) is 5.56 Å². The van der Waals surface area contributed by atoms with Crippen molar-refractivity contribution in [2.75, 3.05) is 9.80 Å². The van der Waals surface area contributed by atoms with Gasteiger partial charge in [0.25, 0.3) is 0 Å². The van der Waals surface area contributed by atoms with E-state index >= 15 is 0 Å². The van der Waals surface area contributed by atoms with E-state index in [0.717, 1.165) is 72.4 Å². The SMILES string of the molecule is CC(C)(C)c1ccnc(-n2c3[c-]c(Oc4[c-]c(N5[CH-]N(c6cccc7oc8ccccc8c67)c6cccnc65)ccc4)ccc3c3ccccc32)c1.[Pt]. The maximum atomic E-state index is 6.51. The molecule has 1 aliphatic rings. The van der Waals surface area contributed by atoms with Crippen LogP contribution in [0.25, 0.3) is 49.6 Å². The molecule has 53 heavy (non-hydrogen) atoms. The van der Waals surface area contributed by atoms with Crippen LogP contribution in [0.1, 0.15) is 26.3 Å². The van der Waals surface area contributed by atoms with Crippen LogP contribution in [-0.4, -0.2) is 14.5 Å². The quantitative estimate of drug-likeness (QED) is 0.161. The van der Waals surface area contributed by atoms with Crippen LogP contribution in [-0.2, 0) is 26.5 Å². The van der Waals surface area contributed by atoms with Gasteiger partial charge < -0.3 is 23.5 Å². The summed E-state index contributed by atoms with van der Waals surface area (Å²) < 4.78 is 14.9. The van der Waals surface area contributed by atoms with Gasteiger partial charge >= 0.3 is 0 Å². The summed E-state index contributed by atoms with van der Waals surface area (Å²) in [7, 11) is 0. The van der Waals surface area contributed by atoms with E-state index in [0.29, 0.717) is 11.5 Å². The monoisotopic (exact) mass is 869 g/mol. The van der Waals surface area contributed by atoms with Gasteiger partial charge in [-0.15, -0.1) is 42.4 Å². The second-order valence-corrected chi connectivity index (χ2v) is 14.0. The Kier molecular flexibility index (Phi) is 7.86. The van der Waals surface area contributed by atoms with Crippen molar-refractivity contribution in [3.05, 3.63) is 158 Å². The minimum atomic E-state index is -0.0178. The Morgan fingerprint density at radius 2 is 1.43 bits per heavy atom. The standard InChI is InChI=1S/C45H32N5O2.Pt/c1-45(2,3)29-22-24-46-42(25-29)50-36-15-6-4-13-33(36)34-21-20-32(27-39(34)50)51-31-12-8-11-30(26-31)48-28-49(38-17-10-23-47-44(38)48)37-16-9-19-41-43(37)35-14-5-7-18-40(35)52-41;/h4-25,28H,1-3H3;/q-3;. The Hall–Kier alpha value is -5.91. The van der Waals surface area contributed by atoms with Crippen molar-refractivity contribution in [2.45, 2.75) is 26.2 Å². The molecule has 0 unspecified atom stereocenters. The Balaban J connectivity index is 0.00000372. The fourth-order valence-corrected chi connectivity index (χ4v) is 7.25. The molecule has 1 aliphatic heterocycles. The van der Waals surface area contributed by atoms with Gasteiger partial charge in [-0.1, -0.05) is 74.4 Å². The summed E-state index contributed by atoms with van der Waals surface area (Å²) in [5.41, 5.74) is 7.61. The third-order valence-corrected chi connectivity index (χ3v) is 9.75. The summed E-state index contributed by atoms with van der Waals surface area (Å²) >= 11 is 0. The van der Waals surface area contributed by atoms with Crippen molar-refractivity contribution in [1.29, 1.82) is 0 Å². The van der Waals surface area contributed by atoms with E-state index in [1.54, 1.807) is 0 Å². The van der Waals surface area contributed by atoms with Gasteiger partial charge in [-0.2, -0.15) is 12.1 Å². The Morgan fingerprint density at radius 3 is 2.32 bits per heavy atom. The number of hydrogen-bond donors (Lipinski definition) is 0. The molecule has 4 aromatic heterocycles. The van der Waals surface area contributed by atoms with E-state index in [1.807, 2.05) is 78.0 Å². The van der Waals surface area contributed by atoms with Gasteiger partial charge in [-0.25, -0.2) is 9.97 Å². The molecule has 10 rings (SSSR count). The zero-order chi connectivity index (χ0) is 35.0. The van der Waals surface area contributed by atoms with Gasteiger partial charge in [-0.05, 0) is 64.9 Å². The number of rotatable bonds is 5. The van der Waals surface area contributed by atoms with Crippen molar-refractivity contribution < 1.29 is 30.2 Å². The summed E-state index contributed by atoms with van der Waals surface area (Å²) in [5.74, 6) is 2.79. The molecule has 0 aliphatic carbocycles. The van der Waals surface area contributed by atoms with Crippen LogP contribution in [0.5, 0.6) is 11.5 Å². The number of pyridine rings is 2. The molecule has 0 fully saturated rings. The molecular formula is C45H32N5O2Pt-3. The average molecular weight is 870 g/mol. The largest absolute Gasteiger partial charge is 0.509 e. The first-order chi connectivity index (χ1) is 25.4. The predicted molar refractivity (Wildman–Crippen MR) is 208 cm³/mol. The zero-order valence-corrected chi connectivity index (χ0v) is 31.4. The van der Waals surface area contributed by atoms with E-state index in [-0.39, 0.29) is 26.5 Å². The van der Waals surface area contributed by atoms with Gasteiger partial charge in [0.2, 0.25) is 0 Å². The molecule has 5 aromatic carbocycles. The van der Waals surface area contributed by atoms with Crippen LogP contribution in [0.2, 0.25) is 0 Å². The molecule has 0 radical (unpaired) electrons. The first-order valence-electron chi connectivity index (χ1n) is 17.3. The van der Waals surface area contributed by atoms with Gasteiger partial charge in [-0.3, -0.25) is 0 Å². The van der Waals surface area contributed by atoms with Crippen molar-refractivity contribution in [1.82, 2.24) is 14.5 Å². The summed E-state index contributed by atoms with van der Waals surface area (Å²) in [6.07, 6.45) is 3.70. The Bertz CT molecular complexity index is 2830. The average Bonchev–Trinajstić information content (AvgIpc) is 3.84. The van der Waals surface area contributed by atoms with E-state index in [2.05, 4.69) is 110 Å². The van der Waals surface area contributed by atoms with Crippen LogP contribution < -0.4 is 14.5 Å². The van der Waals surface area contributed by atoms with Crippen molar-refractivity contribution in [3.63, 3.8) is 0 Å². The molecule has 0 saturated carbocycles. The third-order valence-electron chi connectivity index (χ3n) is 9.75. The number of furan rings is 1. The maximum Gasteiger partial charge on any atom is 0.137 e. The van der Waals surface area contributed by atoms with Gasteiger partial charge in [0.15, 0.2) is 0 Å². The predicted octanol–water partition coefficient (Wildman–Crippen LogP) is 11.6. The molecule has 0 N–H and O–H groups in total. The Labute approximate surface area is 321 Å². The van der Waals surface area contributed by atoms with E-state index in [9.17, 15) is 0 Å². The van der Waals surface area contributed by atoms with Crippen LogP contribution in [0.3, 0.4) is 0 Å². The molecule has 8 heteroatoms. The molecule has 262 valence electrons. The number of nitrogens with zero attached hydrogens (tertiary/aromatic N) is 5. The van der Waals surface area contributed by atoms with Gasteiger partial charge in [0.1, 0.15) is 22.8 Å². The number of para-hydroxylation sites is 2. The molecule has 0 atom stereocenters. The summed E-state index contributed by atoms with van der Waals surface area (Å²) in [5, 5.41) is 4.34. The third kappa shape index (κ3) is 5.46. The number of benzene rings is 5. The molecule has 9 aromatic rings. The second kappa shape index (κ2) is 12.6. The number of aromatic nitrogens is 3. The molecule has 5 heterocycles. The number of fused-ring (bicyclic) bond motifs is 7. The molecule has 0 bridgehead atoms. The number of anilines is 4. The van der Waals surface area contributed by atoms with Crippen LogP contribution >= 0.6 is 0 Å². The number of ether oxygens (including phenoxy) is 1. The molecule has 0 saturated heterocycles. The first-order valence-corrected chi connectivity index (χ1v) is 17.3. The fraction of sp³-hybridized carbons (Fsp3) is 0.0889. The minimum Gasteiger partial charge on any atom is -0.509 e. The topological polar surface area (TPSA) is 59.6 Å².